The lowest BCUT2D eigenvalue weighted by Gasteiger charge is -2.12. The Morgan fingerprint density at radius 2 is 2.29 bits per heavy atom. The van der Waals surface area contributed by atoms with Crippen LogP contribution < -0.4 is 5.73 Å². The van der Waals surface area contributed by atoms with Gasteiger partial charge in [-0.15, -0.1) is 0 Å². The highest BCUT2D eigenvalue weighted by atomic mass is 79.9. The number of halogens is 2. The van der Waals surface area contributed by atoms with Crippen LogP contribution in [-0.4, -0.2) is 15.8 Å². The molecule has 0 fully saturated rings. The summed E-state index contributed by atoms with van der Waals surface area (Å²) in [5, 5.41) is 4.96. The molecule has 0 amide bonds. The third-order valence-electron chi connectivity index (χ3n) is 2.39. The van der Waals surface area contributed by atoms with Crippen LogP contribution in [0.2, 0.25) is 5.02 Å². The van der Waals surface area contributed by atoms with E-state index in [1.165, 1.54) is 0 Å². The quantitative estimate of drug-likeness (QED) is 0.945. The molecule has 0 aliphatic heterocycles. The summed E-state index contributed by atoms with van der Waals surface area (Å²) in [7, 11) is 0. The van der Waals surface area contributed by atoms with Crippen LogP contribution in [0.15, 0.2) is 35.1 Å². The molecular formula is C12H13BrClN3. The highest BCUT2D eigenvalue weighted by molar-refractivity contribution is 9.10. The molecule has 0 saturated heterocycles. The summed E-state index contributed by atoms with van der Waals surface area (Å²) < 4.78 is 2.73. The topological polar surface area (TPSA) is 43.8 Å². The van der Waals surface area contributed by atoms with E-state index in [0.717, 1.165) is 22.1 Å². The Morgan fingerprint density at radius 1 is 1.53 bits per heavy atom. The van der Waals surface area contributed by atoms with Crippen molar-refractivity contribution in [3.8, 4) is 5.69 Å². The highest BCUT2D eigenvalue weighted by Gasteiger charge is 2.08. The Bertz CT molecular complexity index is 522. The molecular weight excluding hydrogens is 302 g/mol. The summed E-state index contributed by atoms with van der Waals surface area (Å²) in [6.07, 6.45) is 4.44. The number of hydrogen-bond donors (Lipinski definition) is 1. The molecule has 2 N–H and O–H groups in total. The van der Waals surface area contributed by atoms with Crippen molar-refractivity contribution in [2.45, 2.75) is 19.4 Å². The molecule has 0 saturated carbocycles. The summed E-state index contributed by atoms with van der Waals surface area (Å²) in [6, 6.07) is 5.88. The molecule has 2 aromatic rings. The monoisotopic (exact) mass is 313 g/mol. The van der Waals surface area contributed by atoms with Crippen LogP contribution in [0.1, 0.15) is 12.5 Å². The molecule has 0 aliphatic rings. The minimum Gasteiger partial charge on any atom is -0.328 e. The molecule has 2 rings (SSSR count). The van der Waals surface area contributed by atoms with Gasteiger partial charge < -0.3 is 5.73 Å². The second-order valence-corrected chi connectivity index (χ2v) is 5.41. The lowest BCUT2D eigenvalue weighted by atomic mass is 10.1. The molecule has 0 spiro atoms. The second-order valence-electron chi connectivity index (χ2n) is 4.06. The van der Waals surface area contributed by atoms with E-state index in [4.69, 9.17) is 17.3 Å². The fourth-order valence-corrected chi connectivity index (χ4v) is 2.15. The molecule has 0 radical (unpaired) electrons. The highest BCUT2D eigenvalue weighted by Crippen LogP contribution is 2.22. The van der Waals surface area contributed by atoms with E-state index < -0.39 is 0 Å². The number of benzene rings is 1. The van der Waals surface area contributed by atoms with E-state index in [-0.39, 0.29) is 6.04 Å². The summed E-state index contributed by atoms with van der Waals surface area (Å²) in [4.78, 5) is 0. The maximum absolute atomic E-state index is 6.03. The average molecular weight is 315 g/mol. The van der Waals surface area contributed by atoms with Gasteiger partial charge in [-0.3, -0.25) is 0 Å². The van der Waals surface area contributed by atoms with Gasteiger partial charge in [-0.25, -0.2) is 4.68 Å². The molecule has 1 heterocycles. The number of hydrogen-bond acceptors (Lipinski definition) is 2. The normalized spacial score (nSPS) is 12.7. The molecule has 1 aromatic carbocycles. The van der Waals surface area contributed by atoms with E-state index in [1.54, 1.807) is 10.9 Å². The molecule has 1 unspecified atom stereocenters. The van der Waals surface area contributed by atoms with Gasteiger partial charge in [0.15, 0.2) is 0 Å². The first-order chi connectivity index (χ1) is 8.06. The van der Waals surface area contributed by atoms with Gasteiger partial charge in [-0.1, -0.05) is 17.7 Å². The van der Waals surface area contributed by atoms with E-state index >= 15 is 0 Å². The van der Waals surface area contributed by atoms with Crippen LogP contribution in [0.3, 0.4) is 0 Å². The van der Waals surface area contributed by atoms with E-state index in [9.17, 15) is 0 Å². The molecule has 0 aliphatic carbocycles. The summed E-state index contributed by atoms with van der Waals surface area (Å²) in [5.41, 5.74) is 7.95. The van der Waals surface area contributed by atoms with Crippen LogP contribution in [0, 0.1) is 0 Å². The smallest absolute Gasteiger partial charge is 0.0693 e. The van der Waals surface area contributed by atoms with Gasteiger partial charge in [-0.05, 0) is 47.0 Å². The van der Waals surface area contributed by atoms with Crippen molar-refractivity contribution in [3.63, 3.8) is 0 Å². The van der Waals surface area contributed by atoms with Crippen molar-refractivity contribution in [1.29, 1.82) is 0 Å². The predicted octanol–water partition coefficient (Wildman–Crippen LogP) is 3.18. The Balaban J connectivity index is 2.46. The summed E-state index contributed by atoms with van der Waals surface area (Å²) in [5.74, 6) is 0. The Hall–Kier alpha value is -0.840. The largest absolute Gasteiger partial charge is 0.328 e. The van der Waals surface area contributed by atoms with Crippen molar-refractivity contribution in [2.24, 2.45) is 5.73 Å². The van der Waals surface area contributed by atoms with E-state index in [2.05, 4.69) is 21.0 Å². The van der Waals surface area contributed by atoms with Gasteiger partial charge in [0.2, 0.25) is 0 Å². The van der Waals surface area contributed by atoms with Crippen LogP contribution in [0.4, 0.5) is 0 Å². The van der Waals surface area contributed by atoms with E-state index in [0.29, 0.717) is 5.02 Å². The Kier molecular flexibility index (Phi) is 3.86. The maximum atomic E-state index is 6.03. The molecule has 1 aromatic heterocycles. The van der Waals surface area contributed by atoms with Gasteiger partial charge in [0, 0.05) is 17.3 Å². The Labute approximate surface area is 114 Å². The number of aromatic nitrogens is 2. The molecule has 3 nitrogen and oxygen atoms in total. The van der Waals surface area contributed by atoms with Gasteiger partial charge in [0.25, 0.3) is 0 Å². The molecule has 5 heteroatoms. The zero-order valence-corrected chi connectivity index (χ0v) is 11.7. The fraction of sp³-hybridized carbons (Fsp3) is 0.250. The molecule has 1 atom stereocenters. The average Bonchev–Trinajstić information content (AvgIpc) is 2.67. The number of nitrogens with zero attached hydrogens (tertiary/aromatic N) is 2. The van der Waals surface area contributed by atoms with Gasteiger partial charge >= 0.3 is 0 Å². The molecule has 90 valence electrons. The molecule has 17 heavy (non-hydrogen) atoms. The number of rotatable bonds is 3. The minimum absolute atomic E-state index is 0.105. The van der Waals surface area contributed by atoms with Crippen molar-refractivity contribution >= 4 is 27.5 Å². The number of nitrogens with two attached hydrogens (primary N) is 1. The van der Waals surface area contributed by atoms with Crippen LogP contribution in [-0.2, 0) is 6.42 Å². The SMILES string of the molecule is CC(N)Cc1ccc(Cl)cc1-n1cc(Br)cn1. The minimum atomic E-state index is 0.105. The lowest BCUT2D eigenvalue weighted by Crippen LogP contribution is -2.19. The fourth-order valence-electron chi connectivity index (χ4n) is 1.70. The second kappa shape index (κ2) is 5.21. The maximum Gasteiger partial charge on any atom is 0.0693 e. The van der Waals surface area contributed by atoms with Crippen molar-refractivity contribution in [3.05, 3.63) is 45.7 Å². The van der Waals surface area contributed by atoms with E-state index in [1.807, 2.05) is 31.3 Å². The van der Waals surface area contributed by atoms with Crippen LogP contribution in [0.25, 0.3) is 5.69 Å². The van der Waals surface area contributed by atoms with Crippen molar-refractivity contribution < 1.29 is 0 Å². The summed E-state index contributed by atoms with van der Waals surface area (Å²) >= 11 is 9.41. The third kappa shape index (κ3) is 3.09. The predicted molar refractivity (Wildman–Crippen MR) is 73.6 cm³/mol. The van der Waals surface area contributed by atoms with Gasteiger partial charge in [0.1, 0.15) is 0 Å². The van der Waals surface area contributed by atoms with Crippen LogP contribution >= 0.6 is 27.5 Å². The zero-order chi connectivity index (χ0) is 12.4. The van der Waals surface area contributed by atoms with Crippen molar-refractivity contribution in [2.75, 3.05) is 0 Å². The summed E-state index contributed by atoms with van der Waals surface area (Å²) in [6.45, 7) is 1.98. The first kappa shape index (κ1) is 12.6. The molecule has 0 bridgehead atoms. The van der Waals surface area contributed by atoms with Gasteiger partial charge in [-0.2, -0.15) is 5.10 Å². The zero-order valence-electron chi connectivity index (χ0n) is 9.40. The standard InChI is InChI=1S/C12H13BrClN3/c1-8(15)4-9-2-3-11(14)5-12(9)17-7-10(13)6-16-17/h2-3,5-8H,4,15H2,1H3. The first-order valence-electron chi connectivity index (χ1n) is 5.31. The van der Waals surface area contributed by atoms with Gasteiger partial charge in [0.05, 0.1) is 16.4 Å². The lowest BCUT2D eigenvalue weighted by molar-refractivity contribution is 0.727. The Morgan fingerprint density at radius 3 is 2.88 bits per heavy atom. The first-order valence-corrected chi connectivity index (χ1v) is 6.48. The third-order valence-corrected chi connectivity index (χ3v) is 3.03. The van der Waals surface area contributed by atoms with Crippen LogP contribution in [0.5, 0.6) is 0 Å². The van der Waals surface area contributed by atoms with Crippen molar-refractivity contribution in [1.82, 2.24) is 9.78 Å².